The molecule has 0 radical (unpaired) electrons. The molecule has 2 aromatic carbocycles. The summed E-state index contributed by atoms with van der Waals surface area (Å²) in [6, 6.07) is 11.5. The van der Waals surface area contributed by atoms with Crippen molar-refractivity contribution < 1.29 is 18.1 Å². The summed E-state index contributed by atoms with van der Waals surface area (Å²) in [5.74, 6) is 0.599. The largest absolute Gasteiger partial charge is 0.325 e. The van der Waals surface area contributed by atoms with E-state index in [1.165, 1.54) is 0 Å². The Morgan fingerprint density at radius 3 is 2.06 bits per heavy atom. The first kappa shape index (κ1) is 25.4. The Hall–Kier alpha value is -2.22. The number of benzene rings is 2. The Morgan fingerprint density at radius 1 is 0.970 bits per heavy atom. The Morgan fingerprint density at radius 2 is 1.55 bits per heavy atom. The molecular formula is C26H38N3O3S+. The van der Waals surface area contributed by atoms with Crippen LogP contribution in [0.5, 0.6) is 0 Å². The van der Waals surface area contributed by atoms with Crippen LogP contribution in [0.15, 0.2) is 41.3 Å². The quantitative estimate of drug-likeness (QED) is 0.651. The van der Waals surface area contributed by atoms with Gasteiger partial charge in [0, 0.05) is 5.69 Å². The number of para-hydroxylation sites is 1. The zero-order valence-corrected chi connectivity index (χ0v) is 21.6. The molecule has 180 valence electrons. The predicted molar refractivity (Wildman–Crippen MR) is 133 cm³/mol. The SMILES string of the molecule is Cc1ccc(S(=O)(=O)N2CC[NH+](CC(=O)Nc3c(C(C)C)cccc3C(C)C)CC2)cc1C. The van der Waals surface area contributed by atoms with E-state index in [-0.39, 0.29) is 5.91 Å². The second-order valence-electron chi connectivity index (χ2n) is 9.75. The molecule has 33 heavy (non-hydrogen) atoms. The van der Waals surface area contributed by atoms with Crippen molar-refractivity contribution in [1.29, 1.82) is 0 Å². The van der Waals surface area contributed by atoms with Gasteiger partial charge < -0.3 is 10.2 Å². The average Bonchev–Trinajstić information content (AvgIpc) is 2.75. The lowest BCUT2D eigenvalue weighted by Gasteiger charge is -2.31. The Balaban J connectivity index is 1.64. The average molecular weight is 473 g/mol. The van der Waals surface area contributed by atoms with Gasteiger partial charge in [0.15, 0.2) is 6.54 Å². The summed E-state index contributed by atoms with van der Waals surface area (Å²) in [6.07, 6.45) is 0. The molecular weight excluding hydrogens is 434 g/mol. The van der Waals surface area contributed by atoms with E-state index in [0.717, 1.165) is 32.8 Å². The van der Waals surface area contributed by atoms with E-state index in [0.29, 0.717) is 49.5 Å². The fourth-order valence-corrected chi connectivity index (χ4v) is 5.88. The molecule has 3 rings (SSSR count). The zero-order chi connectivity index (χ0) is 24.3. The van der Waals surface area contributed by atoms with E-state index < -0.39 is 10.0 Å². The molecule has 1 aliphatic heterocycles. The molecule has 0 unspecified atom stereocenters. The lowest BCUT2D eigenvalue weighted by molar-refractivity contribution is -0.895. The number of sulfonamides is 1. The maximum atomic E-state index is 13.1. The third-order valence-electron chi connectivity index (χ3n) is 6.59. The van der Waals surface area contributed by atoms with Crippen molar-refractivity contribution >= 4 is 21.6 Å². The summed E-state index contributed by atoms with van der Waals surface area (Å²) in [5, 5.41) is 3.18. The number of rotatable bonds is 7. The van der Waals surface area contributed by atoms with Gasteiger partial charge >= 0.3 is 0 Å². The molecule has 1 aliphatic rings. The predicted octanol–water partition coefficient (Wildman–Crippen LogP) is 3.08. The maximum Gasteiger partial charge on any atom is 0.279 e. The summed E-state index contributed by atoms with van der Waals surface area (Å²) in [4.78, 5) is 14.4. The molecule has 0 aliphatic carbocycles. The second-order valence-corrected chi connectivity index (χ2v) is 11.7. The standard InChI is InChI=1S/C26H37N3O3S/c1-18(2)23-8-7-9-24(19(3)4)26(23)27-25(30)17-28-12-14-29(15-13-28)33(31,32)22-11-10-20(5)21(6)16-22/h7-11,16,18-19H,12-15,17H2,1-6H3,(H,27,30)/p+1. The highest BCUT2D eigenvalue weighted by molar-refractivity contribution is 7.89. The molecule has 0 saturated carbocycles. The number of nitrogens with one attached hydrogen (secondary N) is 2. The molecule has 0 spiro atoms. The Labute approximate surface area is 199 Å². The van der Waals surface area contributed by atoms with Gasteiger partial charge in [0.25, 0.3) is 5.91 Å². The van der Waals surface area contributed by atoms with Crippen LogP contribution in [0.2, 0.25) is 0 Å². The van der Waals surface area contributed by atoms with Crippen LogP contribution in [0.1, 0.15) is 61.8 Å². The highest BCUT2D eigenvalue weighted by Crippen LogP contribution is 2.32. The summed E-state index contributed by atoms with van der Waals surface area (Å²) in [5.41, 5.74) is 5.28. The second kappa shape index (κ2) is 10.4. The molecule has 7 heteroatoms. The van der Waals surface area contributed by atoms with E-state index in [1.54, 1.807) is 16.4 Å². The van der Waals surface area contributed by atoms with Crippen LogP contribution in [-0.4, -0.2) is 51.4 Å². The van der Waals surface area contributed by atoms with Gasteiger partial charge in [0.2, 0.25) is 10.0 Å². The molecule has 1 amide bonds. The van der Waals surface area contributed by atoms with Gasteiger partial charge in [-0.05, 0) is 60.1 Å². The van der Waals surface area contributed by atoms with Gasteiger partial charge in [-0.1, -0.05) is 52.0 Å². The molecule has 1 fully saturated rings. The molecule has 2 N–H and O–H groups in total. The van der Waals surface area contributed by atoms with Gasteiger partial charge in [-0.2, -0.15) is 4.31 Å². The molecule has 1 saturated heterocycles. The van der Waals surface area contributed by atoms with Crippen molar-refractivity contribution in [3.63, 3.8) is 0 Å². The maximum absolute atomic E-state index is 13.1. The smallest absolute Gasteiger partial charge is 0.279 e. The summed E-state index contributed by atoms with van der Waals surface area (Å²) in [6.45, 7) is 14.8. The fraction of sp³-hybridized carbons (Fsp3) is 0.500. The first-order chi connectivity index (χ1) is 15.5. The van der Waals surface area contributed by atoms with Crippen LogP contribution in [0, 0.1) is 13.8 Å². The van der Waals surface area contributed by atoms with Gasteiger partial charge in [0.1, 0.15) is 0 Å². The van der Waals surface area contributed by atoms with Crippen LogP contribution < -0.4 is 10.2 Å². The lowest BCUT2D eigenvalue weighted by Crippen LogP contribution is -3.15. The van der Waals surface area contributed by atoms with Crippen molar-refractivity contribution in [3.05, 3.63) is 58.7 Å². The number of quaternary nitrogens is 1. The normalized spacial score (nSPS) is 15.9. The highest BCUT2D eigenvalue weighted by Gasteiger charge is 2.31. The third-order valence-corrected chi connectivity index (χ3v) is 8.49. The monoisotopic (exact) mass is 472 g/mol. The number of amides is 1. The van der Waals surface area contributed by atoms with Crippen molar-refractivity contribution in [1.82, 2.24) is 4.31 Å². The van der Waals surface area contributed by atoms with E-state index >= 15 is 0 Å². The van der Waals surface area contributed by atoms with Crippen LogP contribution in [0.25, 0.3) is 0 Å². The number of aryl methyl sites for hydroxylation is 2. The molecule has 0 atom stereocenters. The van der Waals surface area contributed by atoms with Gasteiger partial charge in [0.05, 0.1) is 31.1 Å². The molecule has 2 aromatic rings. The summed E-state index contributed by atoms with van der Waals surface area (Å²) in [7, 11) is -3.51. The topological polar surface area (TPSA) is 70.9 Å². The van der Waals surface area contributed by atoms with E-state index in [2.05, 4.69) is 51.2 Å². The minimum atomic E-state index is -3.51. The van der Waals surface area contributed by atoms with Crippen LogP contribution in [0.3, 0.4) is 0 Å². The number of carbonyl (C=O) groups is 1. The first-order valence-corrected chi connectivity index (χ1v) is 13.3. The third kappa shape index (κ3) is 5.83. The minimum absolute atomic E-state index is 0.0227. The zero-order valence-electron chi connectivity index (χ0n) is 20.7. The van der Waals surface area contributed by atoms with E-state index in [9.17, 15) is 13.2 Å². The Kier molecular flexibility index (Phi) is 7.98. The summed E-state index contributed by atoms with van der Waals surface area (Å²) < 4.78 is 27.7. The lowest BCUT2D eigenvalue weighted by atomic mass is 9.92. The van der Waals surface area contributed by atoms with Crippen molar-refractivity contribution in [3.8, 4) is 0 Å². The number of carbonyl (C=O) groups excluding carboxylic acids is 1. The van der Waals surface area contributed by atoms with Gasteiger partial charge in [-0.25, -0.2) is 8.42 Å². The van der Waals surface area contributed by atoms with Gasteiger partial charge in [-0.3, -0.25) is 4.79 Å². The van der Waals surface area contributed by atoms with Crippen molar-refractivity contribution in [2.24, 2.45) is 0 Å². The fourth-order valence-electron chi connectivity index (χ4n) is 4.35. The minimum Gasteiger partial charge on any atom is -0.325 e. The molecule has 0 bridgehead atoms. The van der Waals surface area contributed by atoms with Crippen LogP contribution in [-0.2, 0) is 14.8 Å². The van der Waals surface area contributed by atoms with Crippen molar-refractivity contribution in [2.75, 3.05) is 38.0 Å². The highest BCUT2D eigenvalue weighted by atomic mass is 32.2. The number of hydrogen-bond acceptors (Lipinski definition) is 3. The van der Waals surface area contributed by atoms with Gasteiger partial charge in [-0.15, -0.1) is 0 Å². The first-order valence-electron chi connectivity index (χ1n) is 11.8. The number of anilines is 1. The van der Waals surface area contributed by atoms with Crippen LogP contribution >= 0.6 is 0 Å². The molecule has 6 nitrogen and oxygen atoms in total. The molecule has 1 heterocycles. The van der Waals surface area contributed by atoms with E-state index in [1.807, 2.05) is 19.9 Å². The molecule has 0 aromatic heterocycles. The van der Waals surface area contributed by atoms with Crippen LogP contribution in [0.4, 0.5) is 5.69 Å². The Bertz CT molecular complexity index is 1080. The summed E-state index contributed by atoms with van der Waals surface area (Å²) >= 11 is 0. The number of nitrogens with zero attached hydrogens (tertiary/aromatic N) is 1. The number of piperazine rings is 1. The van der Waals surface area contributed by atoms with E-state index in [4.69, 9.17) is 0 Å². The number of hydrogen-bond donors (Lipinski definition) is 2. The van der Waals surface area contributed by atoms with Crippen molar-refractivity contribution in [2.45, 2.75) is 58.3 Å².